The van der Waals surface area contributed by atoms with E-state index in [1.165, 1.54) is 72.0 Å². The second kappa shape index (κ2) is 11.8. The van der Waals surface area contributed by atoms with Crippen LogP contribution in [0, 0.1) is 22.2 Å². The summed E-state index contributed by atoms with van der Waals surface area (Å²) in [6.45, 7) is 4.72. The first-order valence-electron chi connectivity index (χ1n) is 15.0. The van der Waals surface area contributed by atoms with E-state index in [4.69, 9.17) is 6.42 Å². The molecule has 1 aliphatic carbocycles. The quantitative estimate of drug-likeness (QED) is 0.129. The van der Waals surface area contributed by atoms with E-state index in [1.807, 2.05) is 22.6 Å². The van der Waals surface area contributed by atoms with Gasteiger partial charge in [-0.05, 0) is 96.7 Å². The van der Waals surface area contributed by atoms with Gasteiger partial charge in [0.05, 0.1) is 11.0 Å². The minimum Gasteiger partial charge on any atom is -0.309 e. The molecule has 0 amide bonds. The smallest absolute Gasteiger partial charge is 0.0544 e. The lowest BCUT2D eigenvalue weighted by atomic mass is 9.82. The molecule has 0 spiro atoms. The van der Waals surface area contributed by atoms with Crippen LogP contribution in [0.1, 0.15) is 25.0 Å². The Bertz CT molecular complexity index is 2250. The molecule has 2 heteroatoms. The number of nitrogens with zero attached hydrogens (tertiary/aromatic N) is 1. The fraction of sp³-hybridized carbons (Fsp3) is 0.0698. The van der Waals surface area contributed by atoms with Crippen LogP contribution in [-0.4, -0.2) is 4.57 Å². The lowest BCUT2D eigenvalue weighted by Gasteiger charge is -2.22. The Morgan fingerprint density at radius 3 is 1.78 bits per heavy atom. The standard InChI is InChI=1S/C39H29N.C4HI/c1-39(2)35-19-11-9-17-31(35)33-24-34-32-18-10-12-20-37(32)40(38(34)25-36(33)39)30-22-28(26-13-5-3-6-14-26)21-29(23-30)27-15-7-4-8-16-27;1-2-3-4-5/h3-25H,1-2H3;1H. The molecule has 0 unspecified atom stereocenters. The van der Waals surface area contributed by atoms with Gasteiger partial charge in [-0.15, -0.1) is 6.42 Å². The van der Waals surface area contributed by atoms with Crippen LogP contribution in [0.25, 0.3) is 60.9 Å². The van der Waals surface area contributed by atoms with Crippen LogP contribution < -0.4 is 0 Å². The van der Waals surface area contributed by atoms with E-state index in [1.54, 1.807) is 0 Å². The summed E-state index contributed by atoms with van der Waals surface area (Å²) in [4.78, 5) is 0. The molecule has 0 N–H and O–H groups in total. The molecule has 8 rings (SSSR count). The second-order valence-electron chi connectivity index (χ2n) is 11.8. The topological polar surface area (TPSA) is 4.93 Å². The summed E-state index contributed by atoms with van der Waals surface area (Å²) in [5, 5.41) is 2.59. The lowest BCUT2D eigenvalue weighted by Crippen LogP contribution is -2.14. The van der Waals surface area contributed by atoms with E-state index in [9.17, 15) is 0 Å². The Morgan fingerprint density at radius 2 is 1.16 bits per heavy atom. The van der Waals surface area contributed by atoms with Crippen LogP contribution in [0.5, 0.6) is 0 Å². The summed E-state index contributed by atoms with van der Waals surface area (Å²) < 4.78 is 4.98. The van der Waals surface area contributed by atoms with Gasteiger partial charge in [0.15, 0.2) is 0 Å². The number of terminal acetylenes is 1. The van der Waals surface area contributed by atoms with Gasteiger partial charge in [-0.3, -0.25) is 0 Å². The maximum atomic E-state index is 4.71. The van der Waals surface area contributed by atoms with Crippen molar-refractivity contribution >= 4 is 44.4 Å². The monoisotopic (exact) mass is 687 g/mol. The first-order chi connectivity index (χ1) is 22.0. The predicted octanol–water partition coefficient (Wildman–Crippen LogP) is 11.4. The number of fused-ring (bicyclic) bond motifs is 6. The van der Waals surface area contributed by atoms with Gasteiger partial charge in [0, 0.05) is 44.5 Å². The van der Waals surface area contributed by atoms with E-state index in [0.29, 0.717) is 0 Å². The van der Waals surface area contributed by atoms with E-state index in [0.717, 1.165) is 0 Å². The highest BCUT2D eigenvalue weighted by molar-refractivity contribution is 14.1. The van der Waals surface area contributed by atoms with Gasteiger partial charge < -0.3 is 4.57 Å². The summed E-state index contributed by atoms with van der Waals surface area (Å²) in [5.41, 5.74) is 14.0. The number of hydrogen-bond donors (Lipinski definition) is 0. The number of rotatable bonds is 3. The highest BCUT2D eigenvalue weighted by Gasteiger charge is 2.36. The third kappa shape index (κ3) is 5.02. The Labute approximate surface area is 278 Å². The molecule has 0 saturated carbocycles. The SMILES string of the molecule is C#CC#CI.CC1(C)c2ccccc2-c2cc3c4ccccc4n(-c4cc(-c5ccccc5)cc(-c5ccccc5)c4)c3cc21. The first-order valence-corrected chi connectivity index (χ1v) is 16.1. The molecule has 0 fully saturated rings. The maximum absolute atomic E-state index is 4.71. The van der Waals surface area contributed by atoms with Crippen LogP contribution in [0.2, 0.25) is 0 Å². The summed E-state index contributed by atoms with van der Waals surface area (Å²) in [5.74, 6) is 4.52. The molecule has 45 heavy (non-hydrogen) atoms. The maximum Gasteiger partial charge on any atom is 0.0544 e. The average molecular weight is 688 g/mol. The van der Waals surface area contributed by atoms with E-state index < -0.39 is 0 Å². The van der Waals surface area contributed by atoms with E-state index >= 15 is 0 Å². The lowest BCUT2D eigenvalue weighted by molar-refractivity contribution is 0.661. The normalized spacial score (nSPS) is 12.3. The first kappa shape index (κ1) is 28.7. The summed E-state index contributed by atoms with van der Waals surface area (Å²) in [6, 6.07) is 51.1. The van der Waals surface area contributed by atoms with Crippen LogP contribution in [0.15, 0.2) is 140 Å². The van der Waals surface area contributed by atoms with E-state index in [-0.39, 0.29) is 5.41 Å². The zero-order valence-electron chi connectivity index (χ0n) is 25.2. The molecule has 0 radical (unpaired) electrons. The van der Waals surface area contributed by atoms with Crippen molar-refractivity contribution in [3.8, 4) is 61.3 Å². The zero-order chi connectivity index (χ0) is 31.0. The molecule has 0 saturated heterocycles. The van der Waals surface area contributed by atoms with Gasteiger partial charge in [0.25, 0.3) is 0 Å². The molecular formula is C43H30IN. The van der Waals surface area contributed by atoms with Crippen LogP contribution in [0.4, 0.5) is 0 Å². The second-order valence-corrected chi connectivity index (χ2v) is 12.3. The average Bonchev–Trinajstić information content (AvgIpc) is 3.53. The minimum absolute atomic E-state index is 0.0531. The zero-order valence-corrected chi connectivity index (χ0v) is 27.3. The Balaban J connectivity index is 0.000000606. The van der Waals surface area contributed by atoms with Gasteiger partial charge in [-0.2, -0.15) is 0 Å². The van der Waals surface area contributed by atoms with Gasteiger partial charge in [0.1, 0.15) is 0 Å². The molecule has 1 nitrogen and oxygen atoms in total. The largest absolute Gasteiger partial charge is 0.309 e. The fourth-order valence-electron chi connectivity index (χ4n) is 6.80. The van der Waals surface area contributed by atoms with E-state index in [2.05, 4.69) is 174 Å². The highest BCUT2D eigenvalue weighted by Crippen LogP contribution is 2.51. The van der Waals surface area contributed by atoms with Gasteiger partial charge in [0.2, 0.25) is 0 Å². The summed E-state index contributed by atoms with van der Waals surface area (Å²) in [7, 11) is 0. The molecule has 6 aromatic carbocycles. The fourth-order valence-corrected chi connectivity index (χ4v) is 6.96. The molecule has 1 aromatic heterocycles. The van der Waals surface area contributed by atoms with Crippen LogP contribution in [0.3, 0.4) is 0 Å². The van der Waals surface area contributed by atoms with Crippen LogP contribution in [-0.2, 0) is 5.41 Å². The van der Waals surface area contributed by atoms with Crippen molar-refractivity contribution < 1.29 is 0 Å². The van der Waals surface area contributed by atoms with Gasteiger partial charge in [-0.1, -0.05) is 117 Å². The Morgan fingerprint density at radius 1 is 0.556 bits per heavy atom. The number of aromatic nitrogens is 1. The number of hydrogen-bond acceptors (Lipinski definition) is 0. The third-order valence-electron chi connectivity index (χ3n) is 8.89. The molecule has 0 aliphatic heterocycles. The van der Waals surface area contributed by atoms with Crippen molar-refractivity contribution in [2.24, 2.45) is 0 Å². The number of halogens is 1. The molecule has 1 aliphatic rings. The number of para-hydroxylation sites is 1. The van der Waals surface area contributed by atoms with Crippen molar-refractivity contribution in [2.75, 3.05) is 0 Å². The van der Waals surface area contributed by atoms with Crippen LogP contribution >= 0.6 is 22.6 Å². The van der Waals surface area contributed by atoms with Crippen molar-refractivity contribution in [3.05, 3.63) is 151 Å². The molecule has 1 heterocycles. The Kier molecular flexibility index (Phi) is 7.54. The molecular weight excluding hydrogens is 657 g/mol. The van der Waals surface area contributed by atoms with Gasteiger partial charge >= 0.3 is 0 Å². The van der Waals surface area contributed by atoms with Crippen molar-refractivity contribution in [1.82, 2.24) is 4.57 Å². The highest BCUT2D eigenvalue weighted by atomic mass is 127. The molecule has 0 bridgehead atoms. The van der Waals surface area contributed by atoms with Gasteiger partial charge in [-0.25, -0.2) is 0 Å². The Hall–Kier alpha value is -5.03. The predicted molar refractivity (Wildman–Crippen MR) is 200 cm³/mol. The summed E-state index contributed by atoms with van der Waals surface area (Å²) in [6.07, 6.45) is 4.71. The molecule has 214 valence electrons. The van der Waals surface area contributed by atoms with Crippen molar-refractivity contribution in [1.29, 1.82) is 0 Å². The summed E-state index contributed by atoms with van der Waals surface area (Å²) >= 11 is 1.88. The molecule has 0 atom stereocenters. The van der Waals surface area contributed by atoms with Crippen molar-refractivity contribution in [3.63, 3.8) is 0 Å². The number of benzene rings is 6. The minimum atomic E-state index is -0.0531. The molecule has 7 aromatic rings. The third-order valence-corrected chi connectivity index (χ3v) is 9.16. The van der Waals surface area contributed by atoms with Crippen molar-refractivity contribution in [2.45, 2.75) is 19.3 Å².